The molecule has 2 atom stereocenters. The average molecular weight is 624 g/mol. The maximum Gasteiger partial charge on any atom is 0.293 e. The molecule has 0 spiro atoms. The van der Waals surface area contributed by atoms with E-state index in [1.165, 1.54) is 45.2 Å². The minimum atomic E-state index is -0.104. The van der Waals surface area contributed by atoms with E-state index in [-0.39, 0.29) is 42.5 Å². The Morgan fingerprint density at radius 3 is 1.89 bits per heavy atom. The van der Waals surface area contributed by atoms with Crippen molar-refractivity contribution >= 4 is 24.7 Å². The lowest BCUT2D eigenvalue weighted by Crippen LogP contribution is -2.53. The number of nitrogens with one attached hydrogen (secondary N) is 1. The van der Waals surface area contributed by atoms with Crippen LogP contribution >= 0.6 is 0 Å². The summed E-state index contributed by atoms with van der Waals surface area (Å²) < 4.78 is 4.72. The van der Waals surface area contributed by atoms with E-state index in [1.54, 1.807) is 11.9 Å². The molecule has 256 valence electrons. The van der Waals surface area contributed by atoms with Crippen molar-refractivity contribution in [1.29, 1.82) is 0 Å². The zero-order chi connectivity index (χ0) is 32.9. The molecule has 4 aliphatic rings. The number of hydrogen-bond acceptors (Lipinski definition) is 7. The Labute approximate surface area is 268 Å². The maximum absolute atomic E-state index is 12.8. The molecule has 1 N–H and O–H groups in total. The van der Waals surface area contributed by atoms with E-state index in [0.29, 0.717) is 19.4 Å². The van der Waals surface area contributed by atoms with Gasteiger partial charge in [-0.1, -0.05) is 41.0 Å². The Morgan fingerprint density at radius 1 is 0.841 bits per heavy atom. The number of carbonyl (C=O) groups is 4. The van der Waals surface area contributed by atoms with Crippen LogP contribution in [-0.2, 0) is 23.9 Å². The van der Waals surface area contributed by atoms with Crippen LogP contribution in [0.4, 0.5) is 0 Å². The number of nitrogens with zero attached hydrogens (tertiary/aromatic N) is 4. The molecule has 0 aromatic heterocycles. The highest BCUT2D eigenvalue weighted by molar-refractivity contribution is 5.82. The third-order valence-electron chi connectivity index (χ3n) is 8.61. The second-order valence-electron chi connectivity index (χ2n) is 13.7. The number of rotatable bonds is 10. The predicted octanol–water partition coefficient (Wildman–Crippen LogP) is 4.17. The molecule has 3 aliphatic heterocycles. The van der Waals surface area contributed by atoms with Crippen molar-refractivity contribution in [2.45, 2.75) is 123 Å². The molecule has 0 bridgehead atoms. The first kappa shape index (κ1) is 39.8. The van der Waals surface area contributed by atoms with E-state index in [2.05, 4.69) is 56.8 Å². The number of likely N-dealkylation sites (tertiary alicyclic amines) is 3. The lowest BCUT2D eigenvalue weighted by molar-refractivity contribution is -0.136. The van der Waals surface area contributed by atoms with Gasteiger partial charge in [-0.25, -0.2) is 0 Å². The van der Waals surface area contributed by atoms with Gasteiger partial charge in [0.2, 0.25) is 18.2 Å². The second kappa shape index (κ2) is 23.2. The van der Waals surface area contributed by atoms with Crippen LogP contribution in [0.1, 0.15) is 105 Å². The van der Waals surface area contributed by atoms with Crippen molar-refractivity contribution in [1.82, 2.24) is 24.9 Å². The number of piperidine rings is 1. The van der Waals surface area contributed by atoms with Crippen molar-refractivity contribution in [3.8, 4) is 0 Å². The average Bonchev–Trinajstić information content (AvgIpc) is 3.78. The van der Waals surface area contributed by atoms with Gasteiger partial charge in [0.15, 0.2) is 0 Å². The van der Waals surface area contributed by atoms with Crippen LogP contribution in [0.5, 0.6) is 0 Å². The van der Waals surface area contributed by atoms with Gasteiger partial charge in [0, 0.05) is 32.7 Å². The van der Waals surface area contributed by atoms with Crippen LogP contribution in [0, 0.1) is 11.8 Å². The molecule has 0 aromatic rings. The summed E-state index contributed by atoms with van der Waals surface area (Å²) >= 11 is 0. The Balaban J connectivity index is 0.000000408. The number of carbonyl (C=O) groups excluding carboxylic acids is 4. The van der Waals surface area contributed by atoms with Gasteiger partial charge in [0.05, 0.1) is 12.6 Å². The van der Waals surface area contributed by atoms with E-state index in [0.717, 1.165) is 64.1 Å². The fourth-order valence-electron chi connectivity index (χ4n) is 6.09. The topological polar surface area (TPSA) is 103 Å². The first-order chi connectivity index (χ1) is 21.0. The molecule has 1 saturated carbocycles. The smallest absolute Gasteiger partial charge is 0.293 e. The van der Waals surface area contributed by atoms with Crippen LogP contribution in [0.3, 0.4) is 0 Å². The second-order valence-corrected chi connectivity index (χ2v) is 13.7. The molecule has 1 aliphatic carbocycles. The monoisotopic (exact) mass is 623 g/mol. The molecular formula is C34H65N5O5. The van der Waals surface area contributed by atoms with Gasteiger partial charge in [-0.15, -0.1) is 0 Å². The molecule has 44 heavy (non-hydrogen) atoms. The largest absolute Gasteiger partial charge is 0.465 e. The van der Waals surface area contributed by atoms with Crippen LogP contribution in [-0.4, -0.2) is 122 Å². The Kier molecular flexibility index (Phi) is 21.0. The lowest BCUT2D eigenvalue weighted by atomic mass is 10.0. The summed E-state index contributed by atoms with van der Waals surface area (Å²) in [5.41, 5.74) is 0. The summed E-state index contributed by atoms with van der Waals surface area (Å²) in [5, 5.41) is 2.43. The van der Waals surface area contributed by atoms with E-state index in [1.807, 2.05) is 4.90 Å². The van der Waals surface area contributed by atoms with Crippen LogP contribution in [0.25, 0.3) is 0 Å². The first-order valence-electron chi connectivity index (χ1n) is 17.2. The zero-order valence-corrected chi connectivity index (χ0v) is 29.1. The Hall–Kier alpha value is -2.20. The number of likely N-dealkylation sites (N-methyl/N-ethyl adjacent to an activating group) is 1. The molecule has 10 heteroatoms. The highest BCUT2D eigenvalue weighted by atomic mass is 16.5. The highest BCUT2D eigenvalue weighted by Gasteiger charge is 2.37. The summed E-state index contributed by atoms with van der Waals surface area (Å²) in [4.78, 5) is 53.6. The van der Waals surface area contributed by atoms with Crippen LogP contribution in [0.15, 0.2) is 0 Å². The molecule has 4 fully saturated rings. The van der Waals surface area contributed by atoms with Gasteiger partial charge in [-0.05, 0) is 103 Å². The van der Waals surface area contributed by atoms with Crippen molar-refractivity contribution in [2.24, 2.45) is 11.8 Å². The molecule has 10 nitrogen and oxygen atoms in total. The van der Waals surface area contributed by atoms with Crippen molar-refractivity contribution < 1.29 is 23.9 Å². The number of amides is 3. The molecule has 0 aromatic carbocycles. The van der Waals surface area contributed by atoms with Gasteiger partial charge in [0.1, 0.15) is 6.10 Å². The van der Waals surface area contributed by atoms with Gasteiger partial charge in [-0.3, -0.25) is 24.1 Å². The zero-order valence-electron chi connectivity index (χ0n) is 29.1. The number of ether oxygens (including phenoxy) is 1. The van der Waals surface area contributed by atoms with E-state index < -0.39 is 0 Å². The molecule has 0 unspecified atom stereocenters. The fraction of sp³-hybridized carbons (Fsp3) is 0.882. The summed E-state index contributed by atoms with van der Waals surface area (Å²) in [6.07, 6.45) is 13.8. The van der Waals surface area contributed by atoms with E-state index >= 15 is 0 Å². The van der Waals surface area contributed by atoms with E-state index in [4.69, 9.17) is 4.74 Å². The molecule has 3 saturated heterocycles. The van der Waals surface area contributed by atoms with Gasteiger partial charge < -0.3 is 24.8 Å². The lowest BCUT2D eigenvalue weighted by Gasteiger charge is -2.37. The van der Waals surface area contributed by atoms with Gasteiger partial charge in [0.25, 0.3) is 6.47 Å². The minimum Gasteiger partial charge on any atom is -0.465 e. The number of hydrogen-bond donors (Lipinski definition) is 1. The third-order valence-corrected chi connectivity index (χ3v) is 8.61. The maximum atomic E-state index is 12.8. The normalized spacial score (nSPS) is 21.3. The molecule has 3 amide bonds. The highest BCUT2D eigenvalue weighted by Crippen LogP contribution is 2.24. The summed E-state index contributed by atoms with van der Waals surface area (Å²) in [6, 6.07) is -0.0242. The molecule has 0 radical (unpaired) electrons. The third kappa shape index (κ3) is 16.2. The Morgan fingerprint density at radius 2 is 1.41 bits per heavy atom. The predicted molar refractivity (Wildman–Crippen MR) is 177 cm³/mol. The SMILES string of the molecule is CC(C)C.CC(C)[C@@H](CN1CCC[C@H]1C(=O)N1CCCC1)N(C)C(=O)CNC=O.CN1CCCCC1.O=COC1CCCC1. The molecule has 4 rings (SSSR count). The van der Waals surface area contributed by atoms with E-state index in [9.17, 15) is 19.2 Å². The van der Waals surface area contributed by atoms with Crippen LogP contribution in [0.2, 0.25) is 0 Å². The van der Waals surface area contributed by atoms with Crippen molar-refractivity contribution in [3.63, 3.8) is 0 Å². The standard InChI is InChI=1S/C18H32N4O3.C6H13N.C6H10O2.C4H10/c1-14(2)16(20(3)17(24)11-19-13-23)12-22-10-6-7-15(22)18(25)21-8-4-5-9-21;1-7-5-3-2-4-6-7;7-5-8-6-3-1-2-4-6;1-4(2)3/h13-16H,4-12H2,1-3H3,(H,19,23);2-6H2,1H3;5-6H,1-4H2;4H,1-3H3/t15-,16+;;;/m0.../s1. The molecular weight excluding hydrogens is 558 g/mol. The van der Waals surface area contributed by atoms with Gasteiger partial charge >= 0.3 is 0 Å². The van der Waals surface area contributed by atoms with Crippen molar-refractivity contribution in [3.05, 3.63) is 0 Å². The minimum absolute atomic E-state index is 0.0133. The quantitative estimate of drug-likeness (QED) is 0.365. The molecule has 3 heterocycles. The summed E-state index contributed by atoms with van der Waals surface area (Å²) in [6.45, 7) is 17.3. The van der Waals surface area contributed by atoms with Crippen molar-refractivity contribution in [2.75, 3.05) is 59.9 Å². The summed E-state index contributed by atoms with van der Waals surface area (Å²) in [5.74, 6) is 1.26. The van der Waals surface area contributed by atoms with Gasteiger partial charge in [-0.2, -0.15) is 0 Å². The van der Waals surface area contributed by atoms with Crippen LogP contribution < -0.4 is 5.32 Å². The first-order valence-corrected chi connectivity index (χ1v) is 17.2. The summed E-state index contributed by atoms with van der Waals surface area (Å²) in [7, 11) is 3.98. The fourth-order valence-corrected chi connectivity index (χ4v) is 6.09. The Bertz CT molecular complexity index is 790.